The van der Waals surface area contributed by atoms with Gasteiger partial charge in [-0.3, -0.25) is 4.79 Å². The standard InChI is InChI=1S/C31H57NO6/c1-5-6-7-8-9-10-11-12-13-14-15-16-17-18-19-20-21-22-23-30(34)38-27-28(33)26-37-25-24-29(31(35)36)32(2,3)4/h13-16,28-29,33H,5-12,17-27H2,1-4H3/b14-13+,16-15+. The molecule has 0 radical (unpaired) electrons. The number of aliphatic hydroxyl groups is 1. The number of hydrogen-bond donors (Lipinski definition) is 1. The van der Waals surface area contributed by atoms with Gasteiger partial charge in [0, 0.05) is 12.8 Å². The van der Waals surface area contributed by atoms with Crippen LogP contribution in [0.1, 0.15) is 110 Å². The van der Waals surface area contributed by atoms with Crippen LogP contribution in [0.4, 0.5) is 0 Å². The van der Waals surface area contributed by atoms with Crippen LogP contribution >= 0.6 is 0 Å². The number of carboxylic acid groups (broad SMARTS) is 1. The summed E-state index contributed by atoms with van der Waals surface area (Å²) in [6.45, 7) is 2.32. The van der Waals surface area contributed by atoms with E-state index in [0.29, 0.717) is 6.42 Å². The van der Waals surface area contributed by atoms with E-state index < -0.39 is 18.1 Å². The molecule has 0 aliphatic rings. The van der Waals surface area contributed by atoms with Gasteiger partial charge in [-0.2, -0.15) is 0 Å². The first-order chi connectivity index (χ1) is 18.2. The fraction of sp³-hybridized carbons (Fsp3) is 0.806. The van der Waals surface area contributed by atoms with Crippen molar-refractivity contribution < 1.29 is 33.8 Å². The first kappa shape index (κ1) is 36.3. The predicted octanol–water partition coefficient (Wildman–Crippen LogP) is 5.11. The molecule has 0 aliphatic carbocycles. The van der Waals surface area contributed by atoms with Crippen LogP contribution in [0, 0.1) is 0 Å². The molecule has 1 N–H and O–H groups in total. The Labute approximate surface area is 232 Å². The highest BCUT2D eigenvalue weighted by molar-refractivity contribution is 5.69. The van der Waals surface area contributed by atoms with Crippen molar-refractivity contribution in [2.45, 2.75) is 122 Å². The summed E-state index contributed by atoms with van der Waals surface area (Å²) < 4.78 is 10.7. The van der Waals surface area contributed by atoms with Crippen LogP contribution in [0.5, 0.6) is 0 Å². The number of carbonyl (C=O) groups is 2. The van der Waals surface area contributed by atoms with Gasteiger partial charge in [0.05, 0.1) is 40.3 Å². The summed E-state index contributed by atoms with van der Waals surface area (Å²) in [5.41, 5.74) is 0. The van der Waals surface area contributed by atoms with Crippen LogP contribution < -0.4 is 5.11 Å². The molecule has 0 rings (SSSR count). The van der Waals surface area contributed by atoms with Crippen LogP contribution in [-0.2, 0) is 19.1 Å². The van der Waals surface area contributed by atoms with Gasteiger partial charge in [-0.1, -0.05) is 89.0 Å². The van der Waals surface area contributed by atoms with Crippen LogP contribution in [0.25, 0.3) is 0 Å². The average Bonchev–Trinajstić information content (AvgIpc) is 2.85. The third-order valence-corrected chi connectivity index (χ3v) is 6.60. The minimum atomic E-state index is -1.12. The first-order valence-electron chi connectivity index (χ1n) is 14.9. The third kappa shape index (κ3) is 23.4. The van der Waals surface area contributed by atoms with E-state index >= 15 is 0 Å². The van der Waals surface area contributed by atoms with E-state index in [4.69, 9.17) is 9.47 Å². The van der Waals surface area contributed by atoms with Gasteiger partial charge in [-0.05, 0) is 32.1 Å². The molecule has 0 aromatic rings. The van der Waals surface area contributed by atoms with Crippen molar-refractivity contribution in [1.82, 2.24) is 0 Å². The van der Waals surface area contributed by atoms with Crippen molar-refractivity contribution in [3.63, 3.8) is 0 Å². The largest absolute Gasteiger partial charge is 0.544 e. The molecule has 7 nitrogen and oxygen atoms in total. The molecule has 0 spiro atoms. The van der Waals surface area contributed by atoms with Crippen LogP contribution in [0.3, 0.4) is 0 Å². The summed E-state index contributed by atoms with van der Waals surface area (Å²) in [4.78, 5) is 23.1. The van der Waals surface area contributed by atoms with E-state index in [1.165, 1.54) is 51.4 Å². The zero-order valence-corrected chi connectivity index (χ0v) is 24.8. The first-order valence-corrected chi connectivity index (χ1v) is 14.9. The van der Waals surface area contributed by atoms with Gasteiger partial charge in [0.1, 0.15) is 18.8 Å². The van der Waals surface area contributed by atoms with Crippen LogP contribution in [0.15, 0.2) is 24.3 Å². The number of aliphatic carboxylic acids is 1. The van der Waals surface area contributed by atoms with Crippen LogP contribution in [-0.4, -0.2) is 74.6 Å². The highest BCUT2D eigenvalue weighted by Gasteiger charge is 2.24. The van der Waals surface area contributed by atoms with Crippen molar-refractivity contribution in [1.29, 1.82) is 0 Å². The number of quaternary nitrogens is 1. The summed E-state index contributed by atoms with van der Waals surface area (Å²) in [6.07, 6.45) is 25.5. The molecular weight excluding hydrogens is 482 g/mol. The van der Waals surface area contributed by atoms with Crippen molar-refractivity contribution in [2.24, 2.45) is 0 Å². The Bertz CT molecular complexity index is 641. The minimum Gasteiger partial charge on any atom is -0.544 e. The number of carboxylic acids is 1. The molecule has 0 bridgehead atoms. The zero-order chi connectivity index (χ0) is 28.5. The Morgan fingerprint density at radius 3 is 1.87 bits per heavy atom. The second kappa shape index (κ2) is 24.3. The normalized spacial score (nSPS) is 13.8. The lowest BCUT2D eigenvalue weighted by molar-refractivity contribution is -0.889. The molecule has 38 heavy (non-hydrogen) atoms. The Balaban J connectivity index is 3.57. The fourth-order valence-corrected chi connectivity index (χ4v) is 4.18. The maximum atomic E-state index is 11.9. The summed E-state index contributed by atoms with van der Waals surface area (Å²) in [5, 5.41) is 21.1. The Kier molecular flexibility index (Phi) is 23.3. The molecule has 222 valence electrons. The van der Waals surface area contributed by atoms with E-state index in [9.17, 15) is 19.8 Å². The van der Waals surface area contributed by atoms with E-state index in [1.807, 2.05) is 0 Å². The van der Waals surface area contributed by atoms with E-state index in [2.05, 4.69) is 31.2 Å². The van der Waals surface area contributed by atoms with Gasteiger partial charge in [-0.25, -0.2) is 0 Å². The molecular formula is C31H57NO6. The van der Waals surface area contributed by atoms with Gasteiger partial charge in [0.2, 0.25) is 0 Å². The van der Waals surface area contributed by atoms with Crippen molar-refractivity contribution >= 4 is 11.9 Å². The number of rotatable bonds is 26. The van der Waals surface area contributed by atoms with Crippen molar-refractivity contribution in [2.75, 3.05) is 41.0 Å². The van der Waals surface area contributed by atoms with Gasteiger partial charge < -0.3 is 29.0 Å². The SMILES string of the molecule is CCCCCCCCC/C=C/C=C/CCCCCCCC(=O)OCC(O)COCCC(C(=O)[O-])[N+](C)(C)C. The molecule has 0 aliphatic heterocycles. The lowest BCUT2D eigenvalue weighted by atomic mass is 10.1. The molecule has 0 heterocycles. The monoisotopic (exact) mass is 539 g/mol. The van der Waals surface area contributed by atoms with Crippen molar-refractivity contribution in [3.8, 4) is 0 Å². The summed E-state index contributed by atoms with van der Waals surface area (Å²) in [6, 6.07) is -0.687. The number of unbranched alkanes of at least 4 members (excludes halogenated alkanes) is 12. The lowest BCUT2D eigenvalue weighted by Crippen LogP contribution is -2.55. The highest BCUT2D eigenvalue weighted by atomic mass is 16.5. The smallest absolute Gasteiger partial charge is 0.305 e. The Hall–Kier alpha value is -1.70. The number of likely N-dealkylation sites (N-methyl/N-ethyl adjacent to an activating group) is 1. The second-order valence-electron chi connectivity index (χ2n) is 11.2. The van der Waals surface area contributed by atoms with E-state index in [-0.39, 0.29) is 36.7 Å². The summed E-state index contributed by atoms with van der Waals surface area (Å²) in [7, 11) is 5.35. The number of aliphatic hydroxyl groups excluding tert-OH is 1. The average molecular weight is 540 g/mol. The quantitative estimate of drug-likeness (QED) is 0.0711. The molecule has 0 saturated carbocycles. The lowest BCUT2D eigenvalue weighted by Gasteiger charge is -2.34. The molecule has 2 unspecified atom stereocenters. The Morgan fingerprint density at radius 2 is 1.34 bits per heavy atom. The second-order valence-corrected chi connectivity index (χ2v) is 11.2. The van der Waals surface area contributed by atoms with Crippen LogP contribution in [0.2, 0.25) is 0 Å². The number of allylic oxidation sites excluding steroid dienone is 4. The maximum Gasteiger partial charge on any atom is 0.305 e. The van der Waals surface area contributed by atoms with Gasteiger partial charge in [0.15, 0.2) is 0 Å². The number of ether oxygens (including phenoxy) is 2. The predicted molar refractivity (Wildman–Crippen MR) is 152 cm³/mol. The third-order valence-electron chi connectivity index (χ3n) is 6.60. The number of nitrogens with zero attached hydrogens (tertiary/aromatic N) is 1. The van der Waals surface area contributed by atoms with Crippen molar-refractivity contribution in [3.05, 3.63) is 24.3 Å². The topological polar surface area (TPSA) is 95.9 Å². The zero-order valence-electron chi connectivity index (χ0n) is 24.8. The molecule has 0 fully saturated rings. The van der Waals surface area contributed by atoms with E-state index in [0.717, 1.165) is 38.5 Å². The summed E-state index contributed by atoms with van der Waals surface area (Å²) in [5.74, 6) is -1.43. The van der Waals surface area contributed by atoms with E-state index in [1.54, 1.807) is 21.1 Å². The van der Waals surface area contributed by atoms with Gasteiger partial charge in [-0.15, -0.1) is 0 Å². The summed E-state index contributed by atoms with van der Waals surface area (Å²) >= 11 is 0. The Morgan fingerprint density at radius 1 is 0.816 bits per heavy atom. The molecule has 2 atom stereocenters. The molecule has 0 aromatic carbocycles. The van der Waals surface area contributed by atoms with Gasteiger partial charge in [0.25, 0.3) is 0 Å². The molecule has 0 saturated heterocycles. The highest BCUT2D eigenvalue weighted by Crippen LogP contribution is 2.10. The molecule has 7 heteroatoms. The maximum absolute atomic E-state index is 11.9. The minimum absolute atomic E-state index is 0.00633. The van der Waals surface area contributed by atoms with Gasteiger partial charge >= 0.3 is 5.97 Å². The number of esters is 1. The number of carbonyl (C=O) groups excluding carboxylic acids is 2. The fourth-order valence-electron chi connectivity index (χ4n) is 4.18. The number of hydrogen-bond acceptors (Lipinski definition) is 6. The molecule has 0 amide bonds. The molecule has 0 aromatic heterocycles.